The number of amides is 1. The number of ether oxygens (including phenoxy) is 2. The number of aryl methyl sites for hydroxylation is 1. The Morgan fingerprint density at radius 1 is 1.09 bits per heavy atom. The molecule has 22 heavy (non-hydrogen) atoms. The van der Waals surface area contributed by atoms with E-state index in [1.165, 1.54) is 0 Å². The standard InChI is InChI=1S/C16H15Cl2NO3/c1-11-2-5-13(6-3-11)19-16(20)22-9-8-21-15-7-4-12(17)10-14(15)18/h2-7,10H,8-9H2,1H3,(H,19,20). The Kier molecular flexibility index (Phi) is 5.92. The fourth-order valence-corrected chi connectivity index (χ4v) is 2.13. The first-order chi connectivity index (χ1) is 10.5. The molecule has 0 aromatic heterocycles. The molecule has 0 aliphatic rings. The van der Waals surface area contributed by atoms with Crippen LogP contribution in [0.2, 0.25) is 10.0 Å². The van der Waals surface area contributed by atoms with Gasteiger partial charge < -0.3 is 9.47 Å². The summed E-state index contributed by atoms with van der Waals surface area (Å²) >= 11 is 11.8. The first kappa shape index (κ1) is 16.5. The van der Waals surface area contributed by atoms with Gasteiger partial charge in [-0.15, -0.1) is 0 Å². The van der Waals surface area contributed by atoms with Gasteiger partial charge in [-0.3, -0.25) is 5.32 Å². The van der Waals surface area contributed by atoms with Gasteiger partial charge in [0.2, 0.25) is 0 Å². The molecule has 0 spiro atoms. The van der Waals surface area contributed by atoms with Crippen molar-refractivity contribution in [3.8, 4) is 5.75 Å². The van der Waals surface area contributed by atoms with Crippen molar-refractivity contribution in [1.29, 1.82) is 0 Å². The number of nitrogens with one attached hydrogen (secondary N) is 1. The maximum absolute atomic E-state index is 11.6. The van der Waals surface area contributed by atoms with Gasteiger partial charge in [0.15, 0.2) is 0 Å². The van der Waals surface area contributed by atoms with Gasteiger partial charge in [-0.05, 0) is 37.3 Å². The number of hydrogen-bond acceptors (Lipinski definition) is 3. The molecule has 0 saturated heterocycles. The van der Waals surface area contributed by atoms with Crippen molar-refractivity contribution in [2.45, 2.75) is 6.92 Å². The molecule has 0 saturated carbocycles. The van der Waals surface area contributed by atoms with E-state index in [1.54, 1.807) is 30.3 Å². The summed E-state index contributed by atoms with van der Waals surface area (Å²) in [5.41, 5.74) is 1.80. The predicted octanol–water partition coefficient (Wildman–Crippen LogP) is 4.93. The smallest absolute Gasteiger partial charge is 0.411 e. The molecule has 0 atom stereocenters. The van der Waals surface area contributed by atoms with Crippen molar-refractivity contribution in [2.75, 3.05) is 18.5 Å². The normalized spacial score (nSPS) is 10.1. The zero-order valence-electron chi connectivity index (χ0n) is 11.9. The number of hydrogen-bond donors (Lipinski definition) is 1. The topological polar surface area (TPSA) is 47.6 Å². The highest BCUT2D eigenvalue weighted by Gasteiger charge is 2.05. The average molecular weight is 340 g/mol. The third kappa shape index (κ3) is 5.13. The van der Waals surface area contributed by atoms with Crippen LogP contribution < -0.4 is 10.1 Å². The van der Waals surface area contributed by atoms with Gasteiger partial charge in [0.05, 0.1) is 5.02 Å². The number of benzene rings is 2. The van der Waals surface area contributed by atoms with Crippen LogP contribution in [0.5, 0.6) is 5.75 Å². The van der Waals surface area contributed by atoms with E-state index in [0.29, 0.717) is 21.5 Å². The Morgan fingerprint density at radius 3 is 2.50 bits per heavy atom. The molecule has 0 fully saturated rings. The Hall–Kier alpha value is -1.91. The van der Waals surface area contributed by atoms with E-state index < -0.39 is 6.09 Å². The quantitative estimate of drug-likeness (QED) is 0.785. The third-order valence-corrected chi connectivity index (χ3v) is 3.30. The van der Waals surface area contributed by atoms with Crippen molar-refractivity contribution < 1.29 is 14.3 Å². The maximum atomic E-state index is 11.6. The van der Waals surface area contributed by atoms with Gasteiger partial charge in [0, 0.05) is 10.7 Å². The molecule has 2 rings (SSSR count). The van der Waals surface area contributed by atoms with E-state index >= 15 is 0 Å². The summed E-state index contributed by atoms with van der Waals surface area (Å²) in [5.74, 6) is 0.494. The number of carbonyl (C=O) groups is 1. The van der Waals surface area contributed by atoms with Gasteiger partial charge in [-0.2, -0.15) is 0 Å². The molecule has 2 aromatic rings. The molecular formula is C16H15Cl2NO3. The van der Waals surface area contributed by atoms with Crippen molar-refractivity contribution in [3.05, 3.63) is 58.1 Å². The van der Waals surface area contributed by atoms with Crippen LogP contribution in [0, 0.1) is 6.92 Å². The summed E-state index contributed by atoms with van der Waals surface area (Å²) in [5, 5.41) is 3.57. The summed E-state index contributed by atoms with van der Waals surface area (Å²) in [4.78, 5) is 11.6. The Balaban J connectivity index is 1.72. The van der Waals surface area contributed by atoms with Crippen LogP contribution in [-0.2, 0) is 4.74 Å². The summed E-state index contributed by atoms with van der Waals surface area (Å²) in [6.07, 6.45) is -0.533. The van der Waals surface area contributed by atoms with E-state index in [2.05, 4.69) is 5.32 Å². The van der Waals surface area contributed by atoms with Crippen LogP contribution in [0.25, 0.3) is 0 Å². The summed E-state index contributed by atoms with van der Waals surface area (Å²) in [7, 11) is 0. The molecule has 1 amide bonds. The monoisotopic (exact) mass is 339 g/mol. The number of anilines is 1. The number of carbonyl (C=O) groups excluding carboxylic acids is 1. The van der Waals surface area contributed by atoms with Crippen molar-refractivity contribution in [3.63, 3.8) is 0 Å². The van der Waals surface area contributed by atoms with Gasteiger partial charge in [0.25, 0.3) is 0 Å². The second kappa shape index (κ2) is 7.92. The average Bonchev–Trinajstić information content (AvgIpc) is 2.48. The minimum absolute atomic E-state index is 0.108. The van der Waals surface area contributed by atoms with E-state index in [9.17, 15) is 4.79 Å². The SMILES string of the molecule is Cc1ccc(NC(=O)OCCOc2ccc(Cl)cc2Cl)cc1. The summed E-state index contributed by atoms with van der Waals surface area (Å²) in [6.45, 7) is 2.28. The lowest BCUT2D eigenvalue weighted by molar-refractivity contribution is 0.138. The lowest BCUT2D eigenvalue weighted by Gasteiger charge is -2.10. The molecule has 0 aliphatic heterocycles. The van der Waals surface area contributed by atoms with E-state index in [0.717, 1.165) is 5.56 Å². The second-order valence-corrected chi connectivity index (χ2v) is 5.39. The van der Waals surface area contributed by atoms with Crippen LogP contribution in [0.3, 0.4) is 0 Å². The van der Waals surface area contributed by atoms with Crippen LogP contribution in [0.1, 0.15) is 5.56 Å². The molecule has 0 radical (unpaired) electrons. The molecule has 4 nitrogen and oxygen atoms in total. The Morgan fingerprint density at radius 2 is 1.82 bits per heavy atom. The molecule has 2 aromatic carbocycles. The van der Waals surface area contributed by atoms with Crippen LogP contribution in [0.15, 0.2) is 42.5 Å². The minimum atomic E-state index is -0.533. The molecule has 0 unspecified atom stereocenters. The van der Waals surface area contributed by atoms with Crippen molar-refractivity contribution in [2.24, 2.45) is 0 Å². The highest BCUT2D eigenvalue weighted by atomic mass is 35.5. The van der Waals surface area contributed by atoms with Crippen molar-refractivity contribution in [1.82, 2.24) is 0 Å². The first-order valence-electron chi connectivity index (χ1n) is 6.63. The maximum Gasteiger partial charge on any atom is 0.411 e. The number of halogens is 2. The minimum Gasteiger partial charge on any atom is -0.488 e. The van der Waals surface area contributed by atoms with Crippen LogP contribution >= 0.6 is 23.2 Å². The highest BCUT2D eigenvalue weighted by Crippen LogP contribution is 2.27. The van der Waals surface area contributed by atoms with E-state index in [1.807, 2.05) is 19.1 Å². The van der Waals surface area contributed by atoms with Gasteiger partial charge >= 0.3 is 6.09 Å². The summed E-state index contributed by atoms with van der Waals surface area (Å²) in [6, 6.07) is 12.3. The van der Waals surface area contributed by atoms with Crippen LogP contribution in [0.4, 0.5) is 10.5 Å². The largest absolute Gasteiger partial charge is 0.488 e. The second-order valence-electron chi connectivity index (χ2n) is 4.55. The molecule has 6 heteroatoms. The fraction of sp³-hybridized carbons (Fsp3) is 0.188. The molecule has 0 bridgehead atoms. The Bertz CT molecular complexity index is 644. The zero-order chi connectivity index (χ0) is 15.9. The predicted molar refractivity (Wildman–Crippen MR) is 88.1 cm³/mol. The molecule has 0 heterocycles. The molecular weight excluding hydrogens is 325 g/mol. The van der Waals surface area contributed by atoms with Gasteiger partial charge in [0.1, 0.15) is 19.0 Å². The third-order valence-electron chi connectivity index (χ3n) is 2.77. The lowest BCUT2D eigenvalue weighted by atomic mass is 10.2. The Labute approximate surface area is 138 Å². The van der Waals surface area contributed by atoms with Gasteiger partial charge in [-0.25, -0.2) is 4.79 Å². The highest BCUT2D eigenvalue weighted by molar-refractivity contribution is 6.35. The molecule has 116 valence electrons. The lowest BCUT2D eigenvalue weighted by Crippen LogP contribution is -2.17. The summed E-state index contributed by atoms with van der Waals surface area (Å²) < 4.78 is 10.4. The van der Waals surface area contributed by atoms with E-state index in [4.69, 9.17) is 32.7 Å². The number of rotatable bonds is 5. The fourth-order valence-electron chi connectivity index (χ4n) is 1.67. The van der Waals surface area contributed by atoms with Gasteiger partial charge in [-0.1, -0.05) is 40.9 Å². The van der Waals surface area contributed by atoms with Crippen molar-refractivity contribution >= 4 is 35.0 Å². The van der Waals surface area contributed by atoms with Crippen LogP contribution in [-0.4, -0.2) is 19.3 Å². The molecule has 0 aliphatic carbocycles. The van der Waals surface area contributed by atoms with E-state index in [-0.39, 0.29) is 13.2 Å². The zero-order valence-corrected chi connectivity index (χ0v) is 13.4. The molecule has 1 N–H and O–H groups in total. The first-order valence-corrected chi connectivity index (χ1v) is 7.38.